The second kappa shape index (κ2) is 6.13. The Morgan fingerprint density at radius 2 is 1.75 bits per heavy atom. The molecule has 0 aliphatic carbocycles. The zero-order valence-electron chi connectivity index (χ0n) is 15.6. The molecule has 5 heterocycles. The van der Waals surface area contributed by atoms with Gasteiger partial charge < -0.3 is 5.11 Å². The summed E-state index contributed by atoms with van der Waals surface area (Å²) < 4.78 is 1.10. The van der Waals surface area contributed by atoms with Crippen molar-refractivity contribution in [1.82, 2.24) is 24.3 Å². The third-order valence-corrected chi connectivity index (χ3v) is 5.60. The molecule has 146 valence electrons. The van der Waals surface area contributed by atoms with E-state index in [2.05, 4.69) is 19.7 Å². The number of aromatic amines is 1. The molecule has 0 radical (unpaired) electrons. The standard InChI is InChI=1S/C19H22N6O3/c1-13-3-2-4-14(5-13)25-17(27)15(16(26)21-18(25)28)6-20-19-7-22-10-23(8-19)12-24(9-19)11-22/h2-6,27H,7-12H2,1H3,(H,21,26,28). The van der Waals surface area contributed by atoms with Crippen molar-refractivity contribution in [3.63, 3.8) is 0 Å². The minimum absolute atomic E-state index is 0.00292. The number of aromatic nitrogens is 2. The zero-order chi connectivity index (χ0) is 19.5. The van der Waals surface area contributed by atoms with Crippen molar-refractivity contribution in [3.05, 3.63) is 56.2 Å². The number of hydrogen-bond acceptors (Lipinski definition) is 7. The molecule has 0 atom stereocenters. The van der Waals surface area contributed by atoms with Gasteiger partial charge in [0.1, 0.15) is 5.56 Å². The molecule has 0 amide bonds. The number of aromatic hydroxyl groups is 1. The van der Waals surface area contributed by atoms with Crippen LogP contribution in [0.2, 0.25) is 0 Å². The van der Waals surface area contributed by atoms with Gasteiger partial charge in [-0.25, -0.2) is 9.36 Å². The highest BCUT2D eigenvalue weighted by Crippen LogP contribution is 2.31. The molecular formula is C19H22N6O3. The topological polar surface area (TPSA) is 97.2 Å². The van der Waals surface area contributed by atoms with Crippen LogP contribution in [0.1, 0.15) is 11.1 Å². The van der Waals surface area contributed by atoms with Gasteiger partial charge in [-0.05, 0) is 24.6 Å². The summed E-state index contributed by atoms with van der Waals surface area (Å²) in [7, 11) is 0. The molecule has 9 nitrogen and oxygen atoms in total. The number of benzene rings is 1. The first kappa shape index (κ1) is 17.4. The van der Waals surface area contributed by atoms with Crippen molar-refractivity contribution >= 4 is 6.21 Å². The number of aliphatic imine (C=N–C) groups is 1. The van der Waals surface area contributed by atoms with Crippen molar-refractivity contribution in [2.45, 2.75) is 12.5 Å². The van der Waals surface area contributed by atoms with Crippen LogP contribution in [0.25, 0.3) is 5.69 Å². The minimum Gasteiger partial charge on any atom is -0.493 e. The average Bonchev–Trinajstić information content (AvgIpc) is 2.60. The van der Waals surface area contributed by atoms with Crippen LogP contribution in [0.15, 0.2) is 38.8 Å². The summed E-state index contributed by atoms with van der Waals surface area (Å²) in [6, 6.07) is 7.17. The first-order valence-corrected chi connectivity index (χ1v) is 9.30. The maximum absolute atomic E-state index is 12.4. The SMILES string of the molecule is Cc1cccc(-n2c(O)c(C=NC34CN5CN(CN(C5)C3)C4)c(=O)[nH]c2=O)c1. The molecular weight excluding hydrogens is 360 g/mol. The maximum Gasteiger partial charge on any atom is 0.335 e. The van der Waals surface area contributed by atoms with Crippen LogP contribution in [-0.4, -0.2) is 80.8 Å². The van der Waals surface area contributed by atoms with Crippen molar-refractivity contribution in [2.24, 2.45) is 4.99 Å². The molecule has 2 aromatic rings. The van der Waals surface area contributed by atoms with Crippen molar-refractivity contribution < 1.29 is 5.11 Å². The molecule has 4 aliphatic heterocycles. The number of aryl methyl sites for hydroxylation is 1. The Bertz CT molecular complexity index is 1050. The molecule has 0 saturated carbocycles. The molecule has 0 unspecified atom stereocenters. The summed E-state index contributed by atoms with van der Waals surface area (Å²) in [5, 5.41) is 10.7. The fraction of sp³-hybridized carbons (Fsp3) is 0.421. The molecule has 4 saturated heterocycles. The molecule has 28 heavy (non-hydrogen) atoms. The average molecular weight is 382 g/mol. The molecule has 1 aromatic carbocycles. The number of rotatable bonds is 3. The molecule has 1 aromatic heterocycles. The highest BCUT2D eigenvalue weighted by atomic mass is 16.3. The summed E-state index contributed by atoms with van der Waals surface area (Å²) in [6.07, 6.45) is 1.43. The Morgan fingerprint density at radius 3 is 2.36 bits per heavy atom. The van der Waals surface area contributed by atoms with Gasteiger partial charge in [-0.3, -0.25) is 29.5 Å². The maximum atomic E-state index is 12.4. The van der Waals surface area contributed by atoms with Crippen molar-refractivity contribution in [1.29, 1.82) is 0 Å². The Labute approximate surface area is 161 Å². The fourth-order valence-electron chi connectivity index (χ4n) is 4.67. The second-order valence-corrected chi connectivity index (χ2v) is 8.06. The first-order chi connectivity index (χ1) is 13.4. The first-order valence-electron chi connectivity index (χ1n) is 9.30. The minimum atomic E-state index is -0.677. The van der Waals surface area contributed by atoms with Gasteiger partial charge in [0.2, 0.25) is 5.88 Å². The van der Waals surface area contributed by atoms with Crippen LogP contribution in [0.3, 0.4) is 0 Å². The van der Waals surface area contributed by atoms with E-state index in [1.807, 2.05) is 13.0 Å². The van der Waals surface area contributed by atoms with E-state index in [1.165, 1.54) is 6.21 Å². The van der Waals surface area contributed by atoms with E-state index >= 15 is 0 Å². The van der Waals surface area contributed by atoms with Crippen molar-refractivity contribution in [2.75, 3.05) is 39.6 Å². The predicted octanol–water partition coefficient (Wildman–Crippen LogP) is -0.483. The summed E-state index contributed by atoms with van der Waals surface area (Å²) in [5.41, 5.74) is -0.207. The van der Waals surface area contributed by atoms with E-state index in [0.29, 0.717) is 5.69 Å². The smallest absolute Gasteiger partial charge is 0.335 e. The van der Waals surface area contributed by atoms with Crippen LogP contribution in [-0.2, 0) is 0 Å². The van der Waals surface area contributed by atoms with Gasteiger partial charge in [-0.15, -0.1) is 0 Å². The van der Waals surface area contributed by atoms with E-state index in [0.717, 1.165) is 49.8 Å². The van der Waals surface area contributed by atoms with Gasteiger partial charge in [0.15, 0.2) is 0 Å². The highest BCUT2D eigenvalue weighted by molar-refractivity contribution is 5.82. The Hall–Kier alpha value is -2.75. The van der Waals surface area contributed by atoms with Gasteiger partial charge in [0.05, 0.1) is 31.2 Å². The third kappa shape index (κ3) is 2.79. The van der Waals surface area contributed by atoms with Crippen molar-refractivity contribution in [3.8, 4) is 11.6 Å². The van der Waals surface area contributed by atoms with Crippen LogP contribution < -0.4 is 11.2 Å². The molecule has 0 spiro atoms. The summed E-state index contributed by atoms with van der Waals surface area (Å²) in [5.74, 6) is -0.395. The zero-order valence-corrected chi connectivity index (χ0v) is 15.6. The van der Waals surface area contributed by atoms with E-state index in [9.17, 15) is 14.7 Å². The number of nitrogens with one attached hydrogen (secondary N) is 1. The van der Waals surface area contributed by atoms with E-state index < -0.39 is 17.1 Å². The van der Waals surface area contributed by atoms with Gasteiger partial charge in [-0.2, -0.15) is 0 Å². The summed E-state index contributed by atoms with van der Waals surface area (Å²) >= 11 is 0. The Balaban J connectivity index is 1.56. The normalized spacial score (nSPS) is 31.0. The van der Waals surface area contributed by atoms with Gasteiger partial charge >= 0.3 is 5.69 Å². The lowest BCUT2D eigenvalue weighted by Gasteiger charge is -2.59. The molecule has 6 rings (SSSR count). The number of H-pyrrole nitrogens is 1. The van der Waals surface area contributed by atoms with Gasteiger partial charge in [0, 0.05) is 25.8 Å². The Morgan fingerprint density at radius 1 is 1.11 bits per heavy atom. The van der Waals surface area contributed by atoms with E-state index in [-0.39, 0.29) is 11.1 Å². The number of hydrogen-bond donors (Lipinski definition) is 2. The quantitative estimate of drug-likeness (QED) is 0.696. The molecule has 9 heteroatoms. The third-order valence-electron chi connectivity index (χ3n) is 5.60. The lowest BCUT2D eigenvalue weighted by atomic mass is 9.92. The fourth-order valence-corrected chi connectivity index (χ4v) is 4.67. The van der Waals surface area contributed by atoms with E-state index in [4.69, 9.17) is 4.99 Å². The van der Waals surface area contributed by atoms with Gasteiger partial charge in [-0.1, -0.05) is 12.1 Å². The second-order valence-electron chi connectivity index (χ2n) is 8.06. The molecule has 4 fully saturated rings. The van der Waals surface area contributed by atoms with Crippen LogP contribution in [0.5, 0.6) is 5.88 Å². The largest absolute Gasteiger partial charge is 0.493 e. The Kier molecular flexibility index (Phi) is 3.80. The molecule has 4 bridgehead atoms. The van der Waals surface area contributed by atoms with Gasteiger partial charge in [0.25, 0.3) is 5.56 Å². The monoisotopic (exact) mass is 382 g/mol. The van der Waals surface area contributed by atoms with Crippen LogP contribution >= 0.6 is 0 Å². The lowest BCUT2D eigenvalue weighted by Crippen LogP contribution is -2.75. The lowest BCUT2D eigenvalue weighted by molar-refractivity contribution is -0.139. The predicted molar refractivity (Wildman–Crippen MR) is 104 cm³/mol. The molecule has 2 N–H and O–H groups in total. The number of nitrogens with zero attached hydrogens (tertiary/aromatic N) is 5. The highest BCUT2D eigenvalue weighted by Gasteiger charge is 2.48. The van der Waals surface area contributed by atoms with Crippen LogP contribution in [0, 0.1) is 6.92 Å². The van der Waals surface area contributed by atoms with E-state index in [1.54, 1.807) is 18.2 Å². The summed E-state index contributed by atoms with van der Waals surface area (Å²) in [4.78, 5) is 38.7. The summed E-state index contributed by atoms with van der Waals surface area (Å²) in [6.45, 7) is 7.20. The molecule has 4 aliphatic rings. The van der Waals surface area contributed by atoms with Crippen LogP contribution in [0.4, 0.5) is 0 Å².